The average molecular weight is 233 g/mol. The van der Waals surface area contributed by atoms with Crippen LogP contribution in [0.3, 0.4) is 0 Å². The molecule has 0 spiro atoms. The van der Waals surface area contributed by atoms with Crippen LogP contribution in [0.1, 0.15) is 0 Å². The molecule has 88 valence electrons. The standard InChI is InChI=1S/C17H15N/c1-18-15-11-9-14(10-12-15)17-8-4-6-13-5-2-3-7-16(13)17/h2-12,18H,1H3. The first-order valence-electron chi connectivity index (χ1n) is 6.14. The van der Waals surface area contributed by atoms with Crippen LogP contribution < -0.4 is 5.32 Å². The molecule has 1 N–H and O–H groups in total. The summed E-state index contributed by atoms with van der Waals surface area (Å²) in [5.41, 5.74) is 3.68. The fourth-order valence-corrected chi connectivity index (χ4v) is 2.29. The molecule has 0 saturated carbocycles. The summed E-state index contributed by atoms with van der Waals surface area (Å²) in [6.45, 7) is 0. The first kappa shape index (κ1) is 10.8. The predicted molar refractivity (Wildman–Crippen MR) is 78.9 cm³/mol. The maximum atomic E-state index is 3.14. The molecule has 0 aliphatic heterocycles. The topological polar surface area (TPSA) is 12.0 Å². The summed E-state index contributed by atoms with van der Waals surface area (Å²) in [7, 11) is 1.94. The van der Waals surface area contributed by atoms with Gasteiger partial charge in [0.05, 0.1) is 0 Å². The van der Waals surface area contributed by atoms with Gasteiger partial charge in [-0.25, -0.2) is 0 Å². The first-order chi connectivity index (χ1) is 8.88. The van der Waals surface area contributed by atoms with Crippen molar-refractivity contribution in [1.82, 2.24) is 0 Å². The van der Waals surface area contributed by atoms with Crippen molar-refractivity contribution >= 4 is 16.5 Å². The van der Waals surface area contributed by atoms with Gasteiger partial charge in [-0.15, -0.1) is 0 Å². The molecule has 0 saturated heterocycles. The SMILES string of the molecule is CNc1ccc(-c2cccc3ccccc23)cc1. The minimum absolute atomic E-state index is 1.14. The molecular weight excluding hydrogens is 218 g/mol. The maximum absolute atomic E-state index is 3.14. The van der Waals surface area contributed by atoms with Gasteiger partial charge in [0.2, 0.25) is 0 Å². The molecule has 0 aromatic heterocycles. The Kier molecular flexibility index (Phi) is 2.73. The fourth-order valence-electron chi connectivity index (χ4n) is 2.29. The van der Waals surface area contributed by atoms with E-state index in [4.69, 9.17) is 0 Å². The zero-order valence-electron chi connectivity index (χ0n) is 10.4. The van der Waals surface area contributed by atoms with Gasteiger partial charge in [0.15, 0.2) is 0 Å². The van der Waals surface area contributed by atoms with E-state index in [1.165, 1.54) is 21.9 Å². The zero-order valence-corrected chi connectivity index (χ0v) is 10.4. The lowest BCUT2D eigenvalue weighted by molar-refractivity contribution is 1.51. The molecule has 1 heteroatoms. The highest BCUT2D eigenvalue weighted by molar-refractivity contribution is 5.96. The van der Waals surface area contributed by atoms with Crippen molar-refractivity contribution in [3.63, 3.8) is 0 Å². The molecule has 0 bridgehead atoms. The van der Waals surface area contributed by atoms with Crippen molar-refractivity contribution < 1.29 is 0 Å². The Morgan fingerprint density at radius 3 is 2.22 bits per heavy atom. The van der Waals surface area contributed by atoms with Gasteiger partial charge in [0, 0.05) is 12.7 Å². The van der Waals surface area contributed by atoms with Crippen molar-refractivity contribution in [1.29, 1.82) is 0 Å². The Labute approximate surface area is 107 Å². The summed E-state index contributed by atoms with van der Waals surface area (Å²) < 4.78 is 0. The summed E-state index contributed by atoms with van der Waals surface area (Å²) >= 11 is 0. The quantitative estimate of drug-likeness (QED) is 0.684. The van der Waals surface area contributed by atoms with Crippen LogP contribution in [0.2, 0.25) is 0 Å². The van der Waals surface area contributed by atoms with Crippen LogP contribution in [-0.4, -0.2) is 7.05 Å². The van der Waals surface area contributed by atoms with Crippen molar-refractivity contribution in [3.8, 4) is 11.1 Å². The lowest BCUT2D eigenvalue weighted by Gasteiger charge is -2.07. The molecule has 0 heterocycles. The normalized spacial score (nSPS) is 10.5. The summed E-state index contributed by atoms with van der Waals surface area (Å²) in [6, 6.07) is 23.5. The third kappa shape index (κ3) is 1.84. The second-order valence-electron chi connectivity index (χ2n) is 4.35. The number of anilines is 1. The second kappa shape index (κ2) is 4.53. The largest absolute Gasteiger partial charge is 0.388 e. The Bertz CT molecular complexity index is 663. The van der Waals surface area contributed by atoms with Crippen LogP contribution in [0.15, 0.2) is 66.7 Å². The van der Waals surface area contributed by atoms with E-state index in [1.807, 2.05) is 7.05 Å². The molecule has 0 radical (unpaired) electrons. The highest BCUT2D eigenvalue weighted by Gasteiger charge is 2.02. The van der Waals surface area contributed by atoms with Gasteiger partial charge >= 0.3 is 0 Å². The molecule has 0 atom stereocenters. The molecule has 3 rings (SSSR count). The van der Waals surface area contributed by atoms with Gasteiger partial charge in [-0.1, -0.05) is 54.6 Å². The van der Waals surface area contributed by atoms with Gasteiger partial charge < -0.3 is 5.32 Å². The smallest absolute Gasteiger partial charge is 0.0337 e. The molecule has 0 unspecified atom stereocenters. The molecule has 18 heavy (non-hydrogen) atoms. The minimum Gasteiger partial charge on any atom is -0.388 e. The van der Waals surface area contributed by atoms with Crippen LogP contribution >= 0.6 is 0 Å². The molecule has 0 aliphatic rings. The van der Waals surface area contributed by atoms with Gasteiger partial charge in [0.1, 0.15) is 0 Å². The zero-order chi connectivity index (χ0) is 12.4. The first-order valence-corrected chi connectivity index (χ1v) is 6.14. The highest BCUT2D eigenvalue weighted by atomic mass is 14.8. The maximum Gasteiger partial charge on any atom is 0.0337 e. The van der Waals surface area contributed by atoms with E-state index in [-0.39, 0.29) is 0 Å². The molecular formula is C17H15N. The van der Waals surface area contributed by atoms with Crippen LogP contribution in [0.5, 0.6) is 0 Å². The van der Waals surface area contributed by atoms with Crippen molar-refractivity contribution in [2.24, 2.45) is 0 Å². The van der Waals surface area contributed by atoms with E-state index in [0.717, 1.165) is 5.69 Å². The third-order valence-electron chi connectivity index (χ3n) is 3.27. The summed E-state index contributed by atoms with van der Waals surface area (Å²) in [4.78, 5) is 0. The molecule has 0 amide bonds. The number of hydrogen-bond donors (Lipinski definition) is 1. The molecule has 3 aromatic rings. The minimum atomic E-state index is 1.14. The van der Waals surface area contributed by atoms with Gasteiger partial charge in [-0.05, 0) is 34.0 Å². The Hall–Kier alpha value is -2.28. The summed E-state index contributed by atoms with van der Waals surface area (Å²) in [5, 5.41) is 5.73. The van der Waals surface area contributed by atoms with E-state index in [0.29, 0.717) is 0 Å². The van der Waals surface area contributed by atoms with Gasteiger partial charge in [0.25, 0.3) is 0 Å². The van der Waals surface area contributed by atoms with E-state index in [2.05, 4.69) is 72.0 Å². The molecule has 0 aliphatic carbocycles. The third-order valence-corrected chi connectivity index (χ3v) is 3.27. The van der Waals surface area contributed by atoms with Crippen LogP contribution in [0.4, 0.5) is 5.69 Å². The van der Waals surface area contributed by atoms with Gasteiger partial charge in [-0.2, -0.15) is 0 Å². The number of hydrogen-bond acceptors (Lipinski definition) is 1. The van der Waals surface area contributed by atoms with Crippen LogP contribution in [0.25, 0.3) is 21.9 Å². The van der Waals surface area contributed by atoms with E-state index in [1.54, 1.807) is 0 Å². The van der Waals surface area contributed by atoms with Crippen LogP contribution in [0, 0.1) is 0 Å². The van der Waals surface area contributed by atoms with Crippen molar-refractivity contribution in [2.45, 2.75) is 0 Å². The average Bonchev–Trinajstić information content (AvgIpc) is 2.47. The highest BCUT2D eigenvalue weighted by Crippen LogP contribution is 2.29. The van der Waals surface area contributed by atoms with E-state index < -0.39 is 0 Å². The second-order valence-corrected chi connectivity index (χ2v) is 4.35. The monoisotopic (exact) mass is 233 g/mol. The Balaban J connectivity index is 2.18. The number of rotatable bonds is 2. The summed E-state index contributed by atoms with van der Waals surface area (Å²) in [5.74, 6) is 0. The number of benzene rings is 3. The Morgan fingerprint density at radius 1 is 0.722 bits per heavy atom. The summed E-state index contributed by atoms with van der Waals surface area (Å²) in [6.07, 6.45) is 0. The number of nitrogens with one attached hydrogen (secondary N) is 1. The van der Waals surface area contributed by atoms with E-state index >= 15 is 0 Å². The van der Waals surface area contributed by atoms with Gasteiger partial charge in [-0.3, -0.25) is 0 Å². The lowest BCUT2D eigenvalue weighted by atomic mass is 9.98. The number of fused-ring (bicyclic) bond motifs is 1. The predicted octanol–water partition coefficient (Wildman–Crippen LogP) is 4.55. The molecule has 3 aromatic carbocycles. The van der Waals surface area contributed by atoms with Crippen LogP contribution in [-0.2, 0) is 0 Å². The Morgan fingerprint density at radius 2 is 1.44 bits per heavy atom. The van der Waals surface area contributed by atoms with Crippen molar-refractivity contribution in [3.05, 3.63) is 66.7 Å². The fraction of sp³-hybridized carbons (Fsp3) is 0.0588. The lowest BCUT2D eigenvalue weighted by Crippen LogP contribution is -1.87. The molecule has 1 nitrogen and oxygen atoms in total. The van der Waals surface area contributed by atoms with Crippen molar-refractivity contribution in [2.75, 3.05) is 12.4 Å². The van der Waals surface area contributed by atoms with E-state index in [9.17, 15) is 0 Å². The molecule has 0 fully saturated rings.